The van der Waals surface area contributed by atoms with Crippen LogP contribution in [0, 0.1) is 19.7 Å². The number of rotatable bonds is 4. The molecule has 0 saturated heterocycles. The van der Waals surface area contributed by atoms with Gasteiger partial charge in [-0.3, -0.25) is 4.79 Å². The van der Waals surface area contributed by atoms with Crippen LogP contribution in [0.3, 0.4) is 0 Å². The number of nitrogens with zero attached hydrogens (tertiary/aromatic N) is 5. The van der Waals surface area contributed by atoms with Crippen molar-refractivity contribution in [3.63, 3.8) is 0 Å². The van der Waals surface area contributed by atoms with Gasteiger partial charge in [0.15, 0.2) is 5.82 Å². The van der Waals surface area contributed by atoms with Crippen LogP contribution in [-0.4, -0.2) is 24.4 Å². The lowest BCUT2D eigenvalue weighted by molar-refractivity contribution is 0.628. The van der Waals surface area contributed by atoms with E-state index in [1.807, 2.05) is 47.3 Å². The molecule has 0 radical (unpaired) electrons. The Balaban J connectivity index is 1.51. The number of aryl methyl sites for hydroxylation is 2. The monoisotopic (exact) mass is 493 g/mol. The maximum atomic E-state index is 13.3. The molecule has 6 nitrogen and oxygen atoms in total. The lowest BCUT2D eigenvalue weighted by atomic mass is 10.0. The molecule has 0 aliphatic carbocycles. The highest BCUT2D eigenvalue weighted by molar-refractivity contribution is 7.15. The van der Waals surface area contributed by atoms with Gasteiger partial charge in [0.1, 0.15) is 11.5 Å². The molecule has 36 heavy (non-hydrogen) atoms. The van der Waals surface area contributed by atoms with E-state index in [0.717, 1.165) is 33.6 Å². The van der Waals surface area contributed by atoms with Crippen LogP contribution in [0.1, 0.15) is 16.7 Å². The largest absolute Gasteiger partial charge is 0.291 e. The zero-order valence-electron chi connectivity index (χ0n) is 19.5. The van der Waals surface area contributed by atoms with Gasteiger partial charge in [-0.25, -0.2) is 9.07 Å². The summed E-state index contributed by atoms with van der Waals surface area (Å²) in [5.74, 6) is 0.0507. The highest BCUT2D eigenvalue weighted by atomic mass is 32.1. The van der Waals surface area contributed by atoms with Gasteiger partial charge in [0, 0.05) is 22.9 Å². The van der Waals surface area contributed by atoms with Crippen molar-refractivity contribution in [1.29, 1.82) is 0 Å². The smallest absolute Gasteiger partial charge is 0.266 e. The second kappa shape index (κ2) is 8.66. The SMILES string of the molecule is Cc1ccc(C)c(-c2nn(-c3ccccc3)cc2C=c2sc3nc(-c4ccc(F)cc4)nn3c2=O)c1. The zero-order chi connectivity index (χ0) is 24.8. The summed E-state index contributed by atoms with van der Waals surface area (Å²) in [6.07, 6.45) is 3.79. The molecule has 0 atom stereocenters. The number of aromatic nitrogens is 5. The predicted molar refractivity (Wildman–Crippen MR) is 140 cm³/mol. The summed E-state index contributed by atoms with van der Waals surface area (Å²) in [4.78, 5) is 18.2. The second-order valence-electron chi connectivity index (χ2n) is 8.58. The molecule has 176 valence electrons. The number of para-hydroxylation sites is 1. The molecule has 6 rings (SSSR count). The molecule has 0 unspecified atom stereocenters. The molecule has 3 heterocycles. The minimum atomic E-state index is -0.336. The van der Waals surface area contributed by atoms with Gasteiger partial charge in [0.05, 0.1) is 10.2 Å². The second-order valence-corrected chi connectivity index (χ2v) is 9.59. The minimum absolute atomic E-state index is 0.254. The van der Waals surface area contributed by atoms with Crippen LogP contribution in [0.2, 0.25) is 0 Å². The van der Waals surface area contributed by atoms with E-state index in [1.165, 1.54) is 28.0 Å². The van der Waals surface area contributed by atoms with E-state index < -0.39 is 0 Å². The van der Waals surface area contributed by atoms with E-state index in [1.54, 1.807) is 12.1 Å². The highest BCUT2D eigenvalue weighted by Gasteiger charge is 2.16. The molecule has 6 aromatic rings. The summed E-state index contributed by atoms with van der Waals surface area (Å²) >= 11 is 1.26. The standard InChI is InChI=1S/C28H20FN5OS/c1-17-8-9-18(2)23(14-17)25-20(16-33(31-25)22-6-4-3-5-7-22)15-24-27(35)34-28(36-24)30-26(32-34)19-10-12-21(29)13-11-19/h3-16H,1-2H3. The molecule has 3 aromatic heterocycles. The van der Waals surface area contributed by atoms with Crippen LogP contribution >= 0.6 is 11.3 Å². The number of halogens is 1. The quantitative estimate of drug-likeness (QED) is 0.348. The molecule has 0 saturated carbocycles. The normalized spacial score (nSPS) is 12.0. The number of benzene rings is 3. The average Bonchev–Trinajstić information content (AvgIpc) is 3.57. The number of thiazole rings is 1. The zero-order valence-corrected chi connectivity index (χ0v) is 20.3. The van der Waals surface area contributed by atoms with Gasteiger partial charge in [-0.05, 0) is 68.0 Å². The Morgan fingerprint density at radius 3 is 2.47 bits per heavy atom. The maximum absolute atomic E-state index is 13.3. The Labute approximate surface area is 209 Å². The van der Waals surface area contributed by atoms with E-state index in [2.05, 4.69) is 42.1 Å². The van der Waals surface area contributed by atoms with E-state index >= 15 is 0 Å². The summed E-state index contributed by atoms with van der Waals surface area (Å²) in [5, 5.41) is 9.27. The first kappa shape index (κ1) is 22.1. The fourth-order valence-corrected chi connectivity index (χ4v) is 5.00. The van der Waals surface area contributed by atoms with Crippen molar-refractivity contribution in [2.75, 3.05) is 0 Å². The third-order valence-electron chi connectivity index (χ3n) is 5.98. The summed E-state index contributed by atoms with van der Waals surface area (Å²) in [6, 6.07) is 22.0. The Kier molecular flexibility index (Phi) is 5.30. The van der Waals surface area contributed by atoms with Crippen molar-refractivity contribution < 1.29 is 4.39 Å². The first-order valence-electron chi connectivity index (χ1n) is 11.4. The van der Waals surface area contributed by atoms with Crippen LogP contribution in [0.4, 0.5) is 4.39 Å². The Bertz CT molecular complexity index is 1840. The third-order valence-corrected chi connectivity index (χ3v) is 6.94. The topological polar surface area (TPSA) is 65.1 Å². The molecule has 0 N–H and O–H groups in total. The molecular formula is C28H20FN5OS. The van der Waals surface area contributed by atoms with Gasteiger partial charge in [0.2, 0.25) is 4.96 Å². The fraction of sp³-hybridized carbons (Fsp3) is 0.0714. The van der Waals surface area contributed by atoms with E-state index in [-0.39, 0.29) is 11.4 Å². The van der Waals surface area contributed by atoms with Crippen molar-refractivity contribution in [2.45, 2.75) is 13.8 Å². The number of fused-ring (bicyclic) bond motifs is 1. The van der Waals surface area contributed by atoms with Gasteiger partial charge in [0.25, 0.3) is 5.56 Å². The number of hydrogen-bond donors (Lipinski definition) is 0. The fourth-order valence-electron chi connectivity index (χ4n) is 4.10. The predicted octanol–water partition coefficient (Wildman–Crippen LogP) is 4.97. The molecule has 0 aliphatic heterocycles. The summed E-state index contributed by atoms with van der Waals surface area (Å²) in [6.45, 7) is 4.11. The van der Waals surface area contributed by atoms with Crippen LogP contribution in [0.5, 0.6) is 0 Å². The molecule has 0 bridgehead atoms. The van der Waals surface area contributed by atoms with Crippen LogP contribution in [0.25, 0.3) is 39.4 Å². The van der Waals surface area contributed by atoms with E-state index in [0.29, 0.717) is 20.9 Å². The van der Waals surface area contributed by atoms with Gasteiger partial charge in [-0.1, -0.05) is 47.2 Å². The van der Waals surface area contributed by atoms with E-state index in [9.17, 15) is 9.18 Å². The van der Waals surface area contributed by atoms with Crippen molar-refractivity contribution in [3.8, 4) is 28.3 Å². The molecule has 3 aromatic carbocycles. The van der Waals surface area contributed by atoms with E-state index in [4.69, 9.17) is 5.10 Å². The van der Waals surface area contributed by atoms with Crippen LogP contribution in [-0.2, 0) is 0 Å². The average molecular weight is 494 g/mol. The molecule has 8 heteroatoms. The molecule has 0 aliphatic rings. The summed E-state index contributed by atoms with van der Waals surface area (Å²) < 4.78 is 16.9. The third kappa shape index (κ3) is 3.91. The van der Waals surface area contributed by atoms with Gasteiger partial charge in [-0.2, -0.15) is 14.6 Å². The Hall–Kier alpha value is -4.43. The van der Waals surface area contributed by atoms with Crippen LogP contribution < -0.4 is 10.1 Å². The Morgan fingerprint density at radius 1 is 0.944 bits per heavy atom. The summed E-state index contributed by atoms with van der Waals surface area (Å²) in [7, 11) is 0. The lowest BCUT2D eigenvalue weighted by Crippen LogP contribution is -2.23. The number of hydrogen-bond acceptors (Lipinski definition) is 5. The van der Waals surface area contributed by atoms with Crippen molar-refractivity contribution >= 4 is 22.4 Å². The maximum Gasteiger partial charge on any atom is 0.291 e. The van der Waals surface area contributed by atoms with Gasteiger partial charge < -0.3 is 0 Å². The summed E-state index contributed by atoms with van der Waals surface area (Å²) in [5.41, 5.74) is 6.20. The van der Waals surface area contributed by atoms with Crippen molar-refractivity contribution in [1.82, 2.24) is 24.4 Å². The van der Waals surface area contributed by atoms with Gasteiger partial charge in [-0.15, -0.1) is 5.10 Å². The first-order valence-corrected chi connectivity index (χ1v) is 12.2. The lowest BCUT2D eigenvalue weighted by Gasteiger charge is -2.05. The molecule has 0 fully saturated rings. The Morgan fingerprint density at radius 2 is 1.72 bits per heavy atom. The highest BCUT2D eigenvalue weighted by Crippen LogP contribution is 2.28. The van der Waals surface area contributed by atoms with Crippen molar-refractivity contribution in [3.05, 3.63) is 116 Å². The van der Waals surface area contributed by atoms with Crippen molar-refractivity contribution in [2.24, 2.45) is 0 Å². The molecule has 0 spiro atoms. The minimum Gasteiger partial charge on any atom is -0.266 e. The van der Waals surface area contributed by atoms with Gasteiger partial charge >= 0.3 is 0 Å². The molecule has 0 amide bonds. The first-order chi connectivity index (χ1) is 17.5. The van der Waals surface area contributed by atoms with Crippen LogP contribution in [0.15, 0.2) is 83.8 Å². The molecular weight excluding hydrogens is 473 g/mol.